The maximum atomic E-state index is 12.3. The zero-order valence-electron chi connectivity index (χ0n) is 12.3. The zero-order chi connectivity index (χ0) is 16.3. The molecular weight excluding hydrogens is 311 g/mol. The summed E-state index contributed by atoms with van der Waals surface area (Å²) in [6.45, 7) is 2.57. The van der Waals surface area contributed by atoms with Crippen molar-refractivity contribution >= 4 is 0 Å². The lowest BCUT2D eigenvalue weighted by Gasteiger charge is -2.35. The van der Waals surface area contributed by atoms with Crippen LogP contribution in [-0.2, 0) is 13.0 Å². The fourth-order valence-electron chi connectivity index (χ4n) is 2.62. The first-order chi connectivity index (χ1) is 11.0. The van der Waals surface area contributed by atoms with E-state index in [0.717, 1.165) is 25.2 Å². The Balaban J connectivity index is 1.70. The molecule has 1 atom stereocenters. The number of halogens is 3. The molecule has 23 heavy (non-hydrogen) atoms. The van der Waals surface area contributed by atoms with E-state index >= 15 is 0 Å². The van der Waals surface area contributed by atoms with Gasteiger partial charge in [0.25, 0.3) is 0 Å². The van der Waals surface area contributed by atoms with Crippen LogP contribution in [0.3, 0.4) is 0 Å². The Morgan fingerprint density at radius 1 is 1.39 bits per heavy atom. The van der Waals surface area contributed by atoms with E-state index in [9.17, 15) is 13.2 Å². The number of nitrogens with zero attached hydrogens (tertiary/aromatic N) is 4. The van der Waals surface area contributed by atoms with Gasteiger partial charge in [-0.25, -0.2) is 0 Å². The second-order valence-electron chi connectivity index (χ2n) is 5.37. The lowest BCUT2D eigenvalue weighted by molar-refractivity contribution is -0.128. The number of alkyl halides is 3. The van der Waals surface area contributed by atoms with Crippen molar-refractivity contribution in [3.63, 3.8) is 0 Å². The number of aromatic nitrogens is 3. The zero-order valence-corrected chi connectivity index (χ0v) is 12.3. The first-order valence-electron chi connectivity index (χ1n) is 7.24. The third kappa shape index (κ3) is 4.26. The minimum absolute atomic E-state index is 0.0652. The van der Waals surface area contributed by atoms with Crippen molar-refractivity contribution < 1.29 is 17.7 Å². The van der Waals surface area contributed by atoms with Crippen LogP contribution in [0.1, 0.15) is 23.3 Å². The number of hydrogen-bond donors (Lipinski definition) is 1. The Bertz CT molecular complexity index is 631. The molecule has 1 unspecified atom stereocenters. The second kappa shape index (κ2) is 6.63. The van der Waals surface area contributed by atoms with Gasteiger partial charge in [0, 0.05) is 38.1 Å². The summed E-state index contributed by atoms with van der Waals surface area (Å²) in [7, 11) is 0. The number of piperazine rings is 1. The number of pyridine rings is 1. The third-order valence-corrected chi connectivity index (χ3v) is 3.63. The average molecular weight is 327 g/mol. The predicted octanol–water partition coefficient (Wildman–Crippen LogP) is 1.72. The Labute approximate surface area is 130 Å². The highest BCUT2D eigenvalue weighted by Crippen LogP contribution is 2.24. The fraction of sp³-hybridized carbons (Fsp3) is 0.500. The molecule has 1 N–H and O–H groups in total. The van der Waals surface area contributed by atoms with Crippen LogP contribution in [-0.4, -0.2) is 45.8 Å². The van der Waals surface area contributed by atoms with E-state index in [0.29, 0.717) is 6.54 Å². The van der Waals surface area contributed by atoms with E-state index < -0.39 is 12.6 Å². The first-order valence-corrected chi connectivity index (χ1v) is 7.24. The van der Waals surface area contributed by atoms with Crippen LogP contribution in [0.15, 0.2) is 29.0 Å². The number of nitrogens with one attached hydrogen (secondary N) is 1. The molecule has 3 heterocycles. The van der Waals surface area contributed by atoms with Crippen LogP contribution in [0.25, 0.3) is 0 Å². The SMILES string of the molecule is FC(F)(F)Cc1noc(CN2CCNCC2c2cccnc2)n1. The molecule has 6 nitrogen and oxygen atoms in total. The normalized spacial score (nSPS) is 19.9. The molecular formula is C14H16F3N5O. The van der Waals surface area contributed by atoms with Crippen LogP contribution in [0.5, 0.6) is 0 Å². The molecule has 0 amide bonds. The number of rotatable bonds is 4. The van der Waals surface area contributed by atoms with Crippen molar-refractivity contribution in [3.05, 3.63) is 41.8 Å². The Hall–Kier alpha value is -2.00. The van der Waals surface area contributed by atoms with E-state index in [4.69, 9.17) is 4.52 Å². The molecule has 0 saturated carbocycles. The molecule has 0 aliphatic carbocycles. The van der Waals surface area contributed by atoms with Gasteiger partial charge >= 0.3 is 6.18 Å². The maximum absolute atomic E-state index is 12.3. The maximum Gasteiger partial charge on any atom is 0.396 e. The quantitative estimate of drug-likeness (QED) is 0.922. The molecule has 0 radical (unpaired) electrons. The summed E-state index contributed by atoms with van der Waals surface area (Å²) in [5, 5.41) is 6.70. The Morgan fingerprint density at radius 3 is 3.00 bits per heavy atom. The van der Waals surface area contributed by atoms with E-state index in [1.807, 2.05) is 12.1 Å². The fourth-order valence-corrected chi connectivity index (χ4v) is 2.62. The molecule has 9 heteroatoms. The van der Waals surface area contributed by atoms with Gasteiger partial charge < -0.3 is 9.84 Å². The van der Waals surface area contributed by atoms with Crippen molar-refractivity contribution in [1.29, 1.82) is 0 Å². The molecule has 1 fully saturated rings. The van der Waals surface area contributed by atoms with Gasteiger partial charge in [0.2, 0.25) is 5.89 Å². The largest absolute Gasteiger partial charge is 0.396 e. The lowest BCUT2D eigenvalue weighted by Crippen LogP contribution is -2.45. The minimum Gasteiger partial charge on any atom is -0.338 e. The summed E-state index contributed by atoms with van der Waals surface area (Å²) >= 11 is 0. The van der Waals surface area contributed by atoms with E-state index in [-0.39, 0.29) is 17.8 Å². The topological polar surface area (TPSA) is 67.1 Å². The summed E-state index contributed by atoms with van der Waals surface area (Å²) in [4.78, 5) is 10.1. The smallest absolute Gasteiger partial charge is 0.338 e. The van der Waals surface area contributed by atoms with Crippen LogP contribution in [0.2, 0.25) is 0 Å². The molecule has 3 rings (SSSR count). The summed E-state index contributed by atoms with van der Waals surface area (Å²) in [6.07, 6.45) is -2.03. The molecule has 0 bridgehead atoms. The molecule has 2 aromatic rings. The molecule has 2 aromatic heterocycles. The molecule has 124 valence electrons. The van der Waals surface area contributed by atoms with E-state index in [2.05, 4.69) is 25.3 Å². The third-order valence-electron chi connectivity index (χ3n) is 3.63. The molecule has 1 aliphatic rings. The monoisotopic (exact) mass is 327 g/mol. The van der Waals surface area contributed by atoms with Gasteiger partial charge in [-0.05, 0) is 11.6 Å². The van der Waals surface area contributed by atoms with Crippen molar-refractivity contribution in [2.45, 2.75) is 25.2 Å². The lowest BCUT2D eigenvalue weighted by atomic mass is 10.1. The molecule has 0 spiro atoms. The van der Waals surface area contributed by atoms with Crippen LogP contribution < -0.4 is 5.32 Å². The highest BCUT2D eigenvalue weighted by atomic mass is 19.4. The van der Waals surface area contributed by atoms with E-state index in [1.165, 1.54) is 0 Å². The van der Waals surface area contributed by atoms with E-state index in [1.54, 1.807) is 12.4 Å². The second-order valence-corrected chi connectivity index (χ2v) is 5.37. The summed E-state index contributed by atoms with van der Waals surface area (Å²) in [6, 6.07) is 3.90. The van der Waals surface area contributed by atoms with Crippen molar-refractivity contribution in [3.8, 4) is 0 Å². The Kier molecular flexibility index (Phi) is 4.58. The van der Waals surface area contributed by atoms with Gasteiger partial charge in [-0.3, -0.25) is 9.88 Å². The van der Waals surface area contributed by atoms with Gasteiger partial charge in [-0.15, -0.1) is 0 Å². The van der Waals surface area contributed by atoms with Crippen LogP contribution >= 0.6 is 0 Å². The molecule has 0 aromatic carbocycles. The highest BCUT2D eigenvalue weighted by molar-refractivity contribution is 5.15. The van der Waals surface area contributed by atoms with Crippen LogP contribution in [0.4, 0.5) is 13.2 Å². The van der Waals surface area contributed by atoms with Gasteiger partial charge in [0.15, 0.2) is 5.82 Å². The van der Waals surface area contributed by atoms with Crippen molar-refractivity contribution in [2.24, 2.45) is 0 Å². The summed E-state index contributed by atoms with van der Waals surface area (Å²) in [5.41, 5.74) is 1.04. The average Bonchev–Trinajstić information content (AvgIpc) is 2.94. The van der Waals surface area contributed by atoms with Gasteiger partial charge in [0.05, 0.1) is 6.54 Å². The number of hydrogen-bond acceptors (Lipinski definition) is 6. The summed E-state index contributed by atoms with van der Waals surface area (Å²) < 4.78 is 42.0. The van der Waals surface area contributed by atoms with Gasteiger partial charge in [0.1, 0.15) is 6.42 Å². The van der Waals surface area contributed by atoms with Gasteiger partial charge in [-0.2, -0.15) is 18.2 Å². The molecule has 1 aliphatic heterocycles. The first kappa shape index (κ1) is 15.9. The highest BCUT2D eigenvalue weighted by Gasteiger charge is 2.31. The van der Waals surface area contributed by atoms with Crippen molar-refractivity contribution in [2.75, 3.05) is 19.6 Å². The van der Waals surface area contributed by atoms with Gasteiger partial charge in [-0.1, -0.05) is 11.2 Å². The summed E-state index contributed by atoms with van der Waals surface area (Å²) in [5.74, 6) is -0.138. The van der Waals surface area contributed by atoms with Crippen LogP contribution in [0, 0.1) is 0 Å². The van der Waals surface area contributed by atoms with Crippen molar-refractivity contribution in [1.82, 2.24) is 25.3 Å². The predicted molar refractivity (Wildman–Crippen MR) is 74.3 cm³/mol. The standard InChI is InChI=1S/C14H16F3N5O/c15-14(16,17)6-12-20-13(23-21-12)9-22-5-4-19-8-11(22)10-2-1-3-18-7-10/h1-3,7,11,19H,4-6,8-9H2. The Morgan fingerprint density at radius 2 is 2.26 bits per heavy atom. The minimum atomic E-state index is -4.34. The molecule has 1 saturated heterocycles.